The zero-order valence-electron chi connectivity index (χ0n) is 17.2. The first-order valence-electron chi connectivity index (χ1n) is 10.1. The monoisotopic (exact) mass is 407 g/mol. The summed E-state index contributed by atoms with van der Waals surface area (Å²) in [4.78, 5) is 40.3. The molecular formula is C23H25N3O4. The van der Waals surface area contributed by atoms with Crippen molar-refractivity contribution in [2.24, 2.45) is 0 Å². The van der Waals surface area contributed by atoms with Gasteiger partial charge >= 0.3 is 0 Å². The SMILES string of the molecule is C[C@@H]1Cc2cc(CN(C)C(=O)CCC(=O)N3CC(=O)Nc4ccccc43)ccc2O1. The molecule has 2 aromatic carbocycles. The van der Waals surface area contributed by atoms with Crippen LogP contribution in [0.3, 0.4) is 0 Å². The summed E-state index contributed by atoms with van der Waals surface area (Å²) < 4.78 is 5.72. The van der Waals surface area contributed by atoms with Gasteiger partial charge in [-0.2, -0.15) is 0 Å². The predicted octanol–water partition coefficient (Wildman–Crippen LogP) is 2.73. The van der Waals surface area contributed by atoms with Crippen molar-refractivity contribution in [1.82, 2.24) is 4.90 Å². The molecule has 7 heteroatoms. The average molecular weight is 407 g/mol. The quantitative estimate of drug-likeness (QED) is 0.827. The standard InChI is InChI=1S/C23H25N3O4/c1-15-11-17-12-16(7-8-20(17)30-15)13-25(2)22(28)9-10-23(29)26-14-21(27)24-18-5-3-4-6-19(18)26/h3-8,12,15H,9-11,13-14H2,1-2H3,(H,24,27)/t15-/m1/s1. The van der Waals surface area contributed by atoms with Crippen LogP contribution in [0.1, 0.15) is 30.9 Å². The van der Waals surface area contributed by atoms with Gasteiger partial charge in [0.05, 0.1) is 11.4 Å². The van der Waals surface area contributed by atoms with Gasteiger partial charge in [-0.3, -0.25) is 14.4 Å². The van der Waals surface area contributed by atoms with Crippen LogP contribution in [-0.2, 0) is 27.3 Å². The minimum absolute atomic E-state index is 0.0322. The van der Waals surface area contributed by atoms with E-state index in [9.17, 15) is 14.4 Å². The molecule has 0 saturated carbocycles. The van der Waals surface area contributed by atoms with E-state index in [2.05, 4.69) is 11.4 Å². The van der Waals surface area contributed by atoms with E-state index >= 15 is 0 Å². The molecule has 0 bridgehead atoms. The van der Waals surface area contributed by atoms with Crippen LogP contribution < -0.4 is 15.0 Å². The highest BCUT2D eigenvalue weighted by Gasteiger charge is 2.27. The number of benzene rings is 2. The van der Waals surface area contributed by atoms with Crippen LogP contribution in [0, 0.1) is 0 Å². The second kappa shape index (κ2) is 8.18. The molecule has 2 aliphatic rings. The van der Waals surface area contributed by atoms with E-state index in [-0.39, 0.29) is 43.2 Å². The first-order chi connectivity index (χ1) is 14.4. The van der Waals surface area contributed by atoms with Gasteiger partial charge in [0.2, 0.25) is 17.7 Å². The first kappa shape index (κ1) is 19.9. The van der Waals surface area contributed by atoms with Crippen LogP contribution in [-0.4, -0.2) is 42.3 Å². The summed E-state index contributed by atoms with van der Waals surface area (Å²) in [6, 6.07) is 13.2. The second-order valence-corrected chi connectivity index (χ2v) is 7.87. The lowest BCUT2D eigenvalue weighted by atomic mass is 10.1. The third-order valence-electron chi connectivity index (χ3n) is 5.43. The Balaban J connectivity index is 1.34. The van der Waals surface area contributed by atoms with Crippen LogP contribution in [0.4, 0.5) is 11.4 Å². The van der Waals surface area contributed by atoms with Crippen molar-refractivity contribution in [3.05, 3.63) is 53.6 Å². The lowest BCUT2D eigenvalue weighted by Crippen LogP contribution is -2.42. The number of carbonyl (C=O) groups is 3. The Morgan fingerprint density at radius 1 is 1.20 bits per heavy atom. The highest BCUT2D eigenvalue weighted by atomic mass is 16.5. The molecule has 3 amide bonds. The smallest absolute Gasteiger partial charge is 0.244 e. The molecule has 0 radical (unpaired) electrons. The molecule has 1 N–H and O–H groups in total. The summed E-state index contributed by atoms with van der Waals surface area (Å²) in [5.41, 5.74) is 3.48. The van der Waals surface area contributed by atoms with Crippen molar-refractivity contribution in [3.63, 3.8) is 0 Å². The molecule has 156 valence electrons. The Labute approximate surface area is 175 Å². The van der Waals surface area contributed by atoms with E-state index in [0.29, 0.717) is 17.9 Å². The number of fused-ring (bicyclic) bond motifs is 2. The van der Waals surface area contributed by atoms with Gasteiger partial charge in [-0.25, -0.2) is 0 Å². The van der Waals surface area contributed by atoms with Crippen LogP contribution in [0.2, 0.25) is 0 Å². The molecule has 0 unspecified atom stereocenters. The molecule has 7 nitrogen and oxygen atoms in total. The Morgan fingerprint density at radius 3 is 2.83 bits per heavy atom. The minimum Gasteiger partial charge on any atom is -0.490 e. The summed E-state index contributed by atoms with van der Waals surface area (Å²) in [6.45, 7) is 2.48. The normalized spacial score (nSPS) is 16.9. The molecule has 0 aliphatic carbocycles. The largest absolute Gasteiger partial charge is 0.490 e. The third-order valence-corrected chi connectivity index (χ3v) is 5.43. The molecule has 0 aromatic heterocycles. The van der Waals surface area contributed by atoms with E-state index in [4.69, 9.17) is 4.74 Å². The zero-order chi connectivity index (χ0) is 21.3. The summed E-state index contributed by atoms with van der Waals surface area (Å²) in [6.07, 6.45) is 1.21. The van der Waals surface area contributed by atoms with Crippen molar-refractivity contribution in [1.29, 1.82) is 0 Å². The Morgan fingerprint density at radius 2 is 2.00 bits per heavy atom. The van der Waals surface area contributed by atoms with Crippen LogP contribution >= 0.6 is 0 Å². The van der Waals surface area contributed by atoms with E-state index in [1.807, 2.05) is 25.1 Å². The predicted molar refractivity (Wildman–Crippen MR) is 113 cm³/mol. The number of rotatable bonds is 5. The fourth-order valence-electron chi connectivity index (χ4n) is 3.93. The number of hydrogen-bond acceptors (Lipinski definition) is 4. The molecular weight excluding hydrogens is 382 g/mol. The topological polar surface area (TPSA) is 79.0 Å². The molecule has 2 aliphatic heterocycles. The summed E-state index contributed by atoms with van der Waals surface area (Å²) in [5, 5.41) is 2.76. The number of nitrogens with zero attached hydrogens (tertiary/aromatic N) is 2. The van der Waals surface area contributed by atoms with E-state index < -0.39 is 0 Å². The van der Waals surface area contributed by atoms with E-state index in [1.165, 1.54) is 4.90 Å². The number of amides is 3. The van der Waals surface area contributed by atoms with Gasteiger partial charge < -0.3 is 19.9 Å². The van der Waals surface area contributed by atoms with Crippen molar-refractivity contribution in [3.8, 4) is 5.75 Å². The molecule has 0 spiro atoms. The number of anilines is 2. The van der Waals surface area contributed by atoms with Gasteiger partial charge in [0.25, 0.3) is 0 Å². The Kier molecular flexibility index (Phi) is 5.44. The molecule has 30 heavy (non-hydrogen) atoms. The van der Waals surface area contributed by atoms with Crippen LogP contribution in [0.15, 0.2) is 42.5 Å². The van der Waals surface area contributed by atoms with Gasteiger partial charge in [0.15, 0.2) is 0 Å². The zero-order valence-corrected chi connectivity index (χ0v) is 17.2. The Bertz CT molecular complexity index is 1000. The summed E-state index contributed by atoms with van der Waals surface area (Å²) in [7, 11) is 1.74. The van der Waals surface area contributed by atoms with Crippen molar-refractivity contribution in [2.75, 3.05) is 23.8 Å². The van der Waals surface area contributed by atoms with Gasteiger partial charge in [-0.15, -0.1) is 0 Å². The van der Waals surface area contributed by atoms with E-state index in [0.717, 1.165) is 23.3 Å². The van der Waals surface area contributed by atoms with Gasteiger partial charge in [-0.05, 0) is 36.2 Å². The number of nitrogens with one attached hydrogen (secondary N) is 1. The van der Waals surface area contributed by atoms with Crippen LogP contribution in [0.25, 0.3) is 0 Å². The molecule has 0 saturated heterocycles. The fourth-order valence-corrected chi connectivity index (χ4v) is 3.93. The van der Waals surface area contributed by atoms with Gasteiger partial charge in [-0.1, -0.05) is 24.3 Å². The highest BCUT2D eigenvalue weighted by Crippen LogP contribution is 2.30. The van der Waals surface area contributed by atoms with E-state index in [1.54, 1.807) is 30.1 Å². The lowest BCUT2D eigenvalue weighted by Gasteiger charge is -2.29. The maximum atomic E-state index is 12.7. The second-order valence-electron chi connectivity index (χ2n) is 7.87. The number of ether oxygens (including phenoxy) is 1. The number of hydrogen-bond donors (Lipinski definition) is 1. The maximum absolute atomic E-state index is 12.7. The minimum atomic E-state index is -0.236. The number of carbonyl (C=O) groups excluding carboxylic acids is 3. The van der Waals surface area contributed by atoms with Crippen molar-refractivity contribution >= 4 is 29.1 Å². The molecule has 4 rings (SSSR count). The molecule has 2 aromatic rings. The summed E-state index contributed by atoms with van der Waals surface area (Å²) >= 11 is 0. The Hall–Kier alpha value is -3.35. The lowest BCUT2D eigenvalue weighted by molar-refractivity contribution is -0.132. The maximum Gasteiger partial charge on any atom is 0.244 e. The third kappa shape index (κ3) is 4.15. The van der Waals surface area contributed by atoms with Gasteiger partial charge in [0, 0.05) is 32.9 Å². The highest BCUT2D eigenvalue weighted by molar-refractivity contribution is 6.10. The first-order valence-corrected chi connectivity index (χ1v) is 10.1. The van der Waals surface area contributed by atoms with Crippen molar-refractivity contribution in [2.45, 2.75) is 38.8 Å². The fraction of sp³-hybridized carbons (Fsp3) is 0.348. The number of para-hydroxylation sites is 2. The summed E-state index contributed by atoms with van der Waals surface area (Å²) in [5.74, 6) is 0.336. The molecule has 1 atom stereocenters. The molecule has 2 heterocycles. The average Bonchev–Trinajstić information content (AvgIpc) is 3.10. The molecule has 0 fully saturated rings. The van der Waals surface area contributed by atoms with Crippen molar-refractivity contribution < 1.29 is 19.1 Å². The van der Waals surface area contributed by atoms with Crippen LogP contribution in [0.5, 0.6) is 5.75 Å². The van der Waals surface area contributed by atoms with Gasteiger partial charge in [0.1, 0.15) is 18.4 Å².